The van der Waals surface area contributed by atoms with E-state index < -0.39 is 0 Å². The van der Waals surface area contributed by atoms with Crippen molar-refractivity contribution < 1.29 is 14.3 Å². The molecule has 1 aliphatic heterocycles. The fraction of sp³-hybridized carbons (Fsp3) is 0.167. The fourth-order valence-corrected chi connectivity index (χ4v) is 2.79. The first kappa shape index (κ1) is 13.7. The molecule has 2 aromatic carbocycles. The van der Waals surface area contributed by atoms with Crippen LogP contribution in [0.5, 0.6) is 11.5 Å². The zero-order valence-electron chi connectivity index (χ0n) is 12.7. The van der Waals surface area contributed by atoms with Crippen molar-refractivity contribution in [3.05, 3.63) is 53.7 Å². The Hall–Kier alpha value is -2.95. The van der Waals surface area contributed by atoms with Gasteiger partial charge < -0.3 is 19.8 Å². The molecule has 4 rings (SSSR count). The number of aromatic amines is 1. The molecule has 0 fully saturated rings. The van der Waals surface area contributed by atoms with Crippen LogP contribution in [0.15, 0.2) is 42.6 Å². The van der Waals surface area contributed by atoms with Crippen LogP contribution in [0, 0.1) is 6.92 Å². The highest BCUT2D eigenvalue weighted by Gasteiger charge is 2.15. The zero-order valence-corrected chi connectivity index (χ0v) is 12.7. The van der Waals surface area contributed by atoms with Crippen molar-refractivity contribution in [3.63, 3.8) is 0 Å². The summed E-state index contributed by atoms with van der Waals surface area (Å²) in [5, 5.41) is 3.99. The molecule has 1 amide bonds. The van der Waals surface area contributed by atoms with Crippen molar-refractivity contribution in [2.24, 2.45) is 0 Å². The summed E-state index contributed by atoms with van der Waals surface area (Å²) in [6.07, 6.45) is 2.21. The van der Waals surface area contributed by atoms with Crippen LogP contribution in [0.4, 0.5) is 5.69 Å². The van der Waals surface area contributed by atoms with Crippen LogP contribution in [0.2, 0.25) is 0 Å². The van der Waals surface area contributed by atoms with Gasteiger partial charge in [0, 0.05) is 28.9 Å². The van der Waals surface area contributed by atoms with Crippen molar-refractivity contribution in [2.45, 2.75) is 13.3 Å². The first-order valence-electron chi connectivity index (χ1n) is 7.45. The zero-order chi connectivity index (χ0) is 15.8. The Labute approximate surface area is 133 Å². The summed E-state index contributed by atoms with van der Waals surface area (Å²) >= 11 is 0. The van der Waals surface area contributed by atoms with Crippen LogP contribution >= 0.6 is 0 Å². The molecule has 0 saturated heterocycles. The van der Waals surface area contributed by atoms with Gasteiger partial charge in [0.05, 0.1) is 6.42 Å². The Kier molecular flexibility index (Phi) is 3.19. The average molecular weight is 308 g/mol. The summed E-state index contributed by atoms with van der Waals surface area (Å²) in [4.78, 5) is 15.5. The Morgan fingerprint density at radius 2 is 2.04 bits per heavy atom. The number of rotatable bonds is 3. The third-order valence-electron chi connectivity index (χ3n) is 3.93. The molecule has 2 N–H and O–H groups in total. The number of hydrogen-bond donors (Lipinski definition) is 2. The number of nitrogens with one attached hydrogen (secondary N) is 2. The smallest absolute Gasteiger partial charge is 0.231 e. The van der Waals surface area contributed by atoms with E-state index in [9.17, 15) is 4.79 Å². The standard InChI is InChI=1S/C18H16N2O3/c1-11-2-4-15-14(6-11)12(9-19-15)7-18(21)20-13-3-5-16-17(8-13)23-10-22-16/h2-6,8-9,19H,7,10H2,1H3,(H,20,21). The maximum atomic E-state index is 12.3. The molecule has 5 heteroatoms. The first-order valence-corrected chi connectivity index (χ1v) is 7.45. The molecule has 1 aliphatic rings. The molecule has 3 aromatic rings. The molecule has 0 unspecified atom stereocenters. The number of aromatic nitrogens is 1. The van der Waals surface area contributed by atoms with E-state index in [1.807, 2.05) is 25.3 Å². The third-order valence-corrected chi connectivity index (χ3v) is 3.93. The Morgan fingerprint density at radius 1 is 1.17 bits per heavy atom. The number of hydrogen-bond acceptors (Lipinski definition) is 3. The molecule has 23 heavy (non-hydrogen) atoms. The second-order valence-corrected chi connectivity index (χ2v) is 5.66. The van der Waals surface area contributed by atoms with Gasteiger partial charge in [-0.1, -0.05) is 11.6 Å². The number of carbonyl (C=O) groups is 1. The highest BCUT2D eigenvalue weighted by molar-refractivity contribution is 5.96. The van der Waals surface area contributed by atoms with E-state index in [2.05, 4.69) is 22.4 Å². The molecule has 116 valence electrons. The van der Waals surface area contributed by atoms with Crippen LogP contribution in [0.3, 0.4) is 0 Å². The van der Waals surface area contributed by atoms with Gasteiger partial charge in [-0.05, 0) is 36.8 Å². The highest BCUT2D eigenvalue weighted by Crippen LogP contribution is 2.34. The molecule has 0 radical (unpaired) electrons. The summed E-state index contributed by atoms with van der Waals surface area (Å²) < 4.78 is 10.6. The highest BCUT2D eigenvalue weighted by atomic mass is 16.7. The van der Waals surface area contributed by atoms with Crippen LogP contribution in [-0.2, 0) is 11.2 Å². The minimum atomic E-state index is -0.0636. The Morgan fingerprint density at radius 3 is 2.96 bits per heavy atom. The van der Waals surface area contributed by atoms with Gasteiger partial charge in [0.25, 0.3) is 0 Å². The van der Waals surface area contributed by atoms with E-state index in [0.29, 0.717) is 23.6 Å². The minimum absolute atomic E-state index is 0.0636. The number of anilines is 1. The SMILES string of the molecule is Cc1ccc2[nH]cc(CC(=O)Nc3ccc4c(c3)OCO4)c2c1. The van der Waals surface area contributed by atoms with E-state index in [-0.39, 0.29) is 12.7 Å². The van der Waals surface area contributed by atoms with Gasteiger partial charge >= 0.3 is 0 Å². The molecule has 0 aliphatic carbocycles. The maximum absolute atomic E-state index is 12.3. The van der Waals surface area contributed by atoms with Gasteiger partial charge in [-0.2, -0.15) is 0 Å². The third kappa shape index (κ3) is 2.61. The molecule has 5 nitrogen and oxygen atoms in total. The molecular formula is C18H16N2O3. The van der Waals surface area contributed by atoms with E-state index in [1.165, 1.54) is 5.56 Å². The average Bonchev–Trinajstić information content (AvgIpc) is 3.14. The van der Waals surface area contributed by atoms with Crippen molar-refractivity contribution in [1.29, 1.82) is 0 Å². The van der Waals surface area contributed by atoms with Crippen LogP contribution in [0.25, 0.3) is 10.9 Å². The summed E-state index contributed by atoms with van der Waals surface area (Å²) in [7, 11) is 0. The lowest BCUT2D eigenvalue weighted by Crippen LogP contribution is -2.14. The number of fused-ring (bicyclic) bond motifs is 2. The van der Waals surface area contributed by atoms with E-state index in [1.54, 1.807) is 12.1 Å². The monoisotopic (exact) mass is 308 g/mol. The molecule has 0 bridgehead atoms. The molecule has 0 atom stereocenters. The number of amides is 1. The lowest BCUT2D eigenvalue weighted by molar-refractivity contribution is -0.115. The van der Waals surface area contributed by atoms with Crippen molar-refractivity contribution >= 4 is 22.5 Å². The number of benzene rings is 2. The summed E-state index contributed by atoms with van der Waals surface area (Å²) in [5.41, 5.74) is 3.91. The fourth-order valence-electron chi connectivity index (χ4n) is 2.79. The van der Waals surface area contributed by atoms with E-state index in [0.717, 1.165) is 16.5 Å². The Bertz CT molecular complexity index is 898. The molecule has 0 spiro atoms. The van der Waals surface area contributed by atoms with Gasteiger partial charge in [-0.25, -0.2) is 0 Å². The van der Waals surface area contributed by atoms with E-state index >= 15 is 0 Å². The number of aryl methyl sites for hydroxylation is 1. The maximum Gasteiger partial charge on any atom is 0.231 e. The van der Waals surface area contributed by atoms with E-state index in [4.69, 9.17) is 9.47 Å². The van der Waals surface area contributed by atoms with Gasteiger partial charge in [-0.3, -0.25) is 4.79 Å². The second-order valence-electron chi connectivity index (χ2n) is 5.66. The first-order chi connectivity index (χ1) is 11.2. The van der Waals surface area contributed by atoms with Crippen LogP contribution < -0.4 is 14.8 Å². The predicted molar refractivity (Wildman–Crippen MR) is 87.9 cm³/mol. The normalized spacial score (nSPS) is 12.6. The number of carbonyl (C=O) groups excluding carboxylic acids is 1. The van der Waals surface area contributed by atoms with Gasteiger partial charge in [0.1, 0.15) is 0 Å². The van der Waals surface area contributed by atoms with Gasteiger partial charge in [0.2, 0.25) is 12.7 Å². The molecule has 2 heterocycles. The van der Waals surface area contributed by atoms with Gasteiger partial charge in [0.15, 0.2) is 11.5 Å². The Balaban J connectivity index is 1.52. The van der Waals surface area contributed by atoms with Gasteiger partial charge in [-0.15, -0.1) is 0 Å². The quantitative estimate of drug-likeness (QED) is 0.779. The molecule has 1 aromatic heterocycles. The molecule has 0 saturated carbocycles. The summed E-state index contributed by atoms with van der Waals surface area (Å²) in [6.45, 7) is 2.27. The number of ether oxygens (including phenoxy) is 2. The van der Waals surface area contributed by atoms with Crippen molar-refractivity contribution in [2.75, 3.05) is 12.1 Å². The van der Waals surface area contributed by atoms with Crippen LogP contribution in [-0.4, -0.2) is 17.7 Å². The lowest BCUT2D eigenvalue weighted by Gasteiger charge is -2.06. The van der Waals surface area contributed by atoms with Crippen LogP contribution in [0.1, 0.15) is 11.1 Å². The lowest BCUT2D eigenvalue weighted by atomic mass is 10.1. The summed E-state index contributed by atoms with van der Waals surface area (Å²) in [5.74, 6) is 1.30. The summed E-state index contributed by atoms with van der Waals surface area (Å²) in [6, 6.07) is 11.6. The second kappa shape index (κ2) is 5.35. The largest absolute Gasteiger partial charge is 0.454 e. The minimum Gasteiger partial charge on any atom is -0.454 e. The topological polar surface area (TPSA) is 63.4 Å². The van der Waals surface area contributed by atoms with Crippen molar-refractivity contribution in [1.82, 2.24) is 4.98 Å². The predicted octanol–water partition coefficient (Wildman–Crippen LogP) is 3.39. The van der Waals surface area contributed by atoms with Crippen molar-refractivity contribution in [3.8, 4) is 11.5 Å². The number of H-pyrrole nitrogens is 1. The molecular weight excluding hydrogens is 292 g/mol.